The van der Waals surface area contributed by atoms with Gasteiger partial charge in [-0.3, -0.25) is 9.59 Å². The molecular formula is C23H26N2O4S. The molecule has 3 rings (SSSR count). The van der Waals surface area contributed by atoms with Crippen LogP contribution in [0.5, 0.6) is 0 Å². The van der Waals surface area contributed by atoms with E-state index in [9.17, 15) is 18.0 Å². The predicted molar refractivity (Wildman–Crippen MR) is 118 cm³/mol. The van der Waals surface area contributed by atoms with Crippen molar-refractivity contribution in [3.8, 4) is 0 Å². The molecular weight excluding hydrogens is 400 g/mol. The zero-order valence-corrected chi connectivity index (χ0v) is 18.4. The van der Waals surface area contributed by atoms with Crippen LogP contribution in [0.25, 0.3) is 4.91 Å². The molecule has 1 aliphatic heterocycles. The normalized spacial score (nSPS) is 15.8. The molecule has 1 aliphatic rings. The number of sulfonamides is 1. The first-order valence-electron chi connectivity index (χ1n) is 9.92. The standard InChI is InChI=1S/C23H26N2O4S/c1-5-17-8-6-7-9-20(17)24-21(26)14-25-23(27)16(4)22(30(25,28)29)19-12-10-18(11-13-19)15(2)3/h6-13,15H,5,14H2,1-4H3,(H,24,26). The summed E-state index contributed by atoms with van der Waals surface area (Å²) in [5.74, 6) is -0.920. The van der Waals surface area contributed by atoms with E-state index in [1.54, 1.807) is 24.3 Å². The van der Waals surface area contributed by atoms with Crippen LogP contribution in [0.4, 0.5) is 5.69 Å². The summed E-state index contributed by atoms with van der Waals surface area (Å²) < 4.78 is 26.9. The second kappa shape index (κ2) is 8.44. The van der Waals surface area contributed by atoms with Gasteiger partial charge in [-0.25, -0.2) is 12.7 Å². The van der Waals surface area contributed by atoms with Crippen molar-refractivity contribution in [2.24, 2.45) is 0 Å². The molecule has 2 aromatic carbocycles. The van der Waals surface area contributed by atoms with Crippen molar-refractivity contribution < 1.29 is 18.0 Å². The van der Waals surface area contributed by atoms with Crippen LogP contribution in [-0.4, -0.2) is 31.1 Å². The van der Waals surface area contributed by atoms with Crippen LogP contribution in [-0.2, 0) is 26.0 Å². The number of nitrogens with one attached hydrogen (secondary N) is 1. The van der Waals surface area contributed by atoms with Crippen molar-refractivity contribution in [2.45, 2.75) is 40.0 Å². The van der Waals surface area contributed by atoms with Crippen molar-refractivity contribution in [1.29, 1.82) is 0 Å². The number of rotatable bonds is 6. The Morgan fingerprint density at radius 1 is 1.07 bits per heavy atom. The number of anilines is 1. The molecule has 0 unspecified atom stereocenters. The predicted octanol–water partition coefficient (Wildman–Crippen LogP) is 3.91. The van der Waals surface area contributed by atoms with Gasteiger partial charge in [-0.1, -0.05) is 63.2 Å². The van der Waals surface area contributed by atoms with Gasteiger partial charge in [-0.15, -0.1) is 0 Å². The van der Waals surface area contributed by atoms with E-state index < -0.39 is 28.4 Å². The summed E-state index contributed by atoms with van der Waals surface area (Å²) in [5.41, 5.74) is 3.19. The summed E-state index contributed by atoms with van der Waals surface area (Å²) in [5, 5.41) is 2.72. The van der Waals surface area contributed by atoms with E-state index in [0.717, 1.165) is 11.1 Å². The van der Waals surface area contributed by atoms with Gasteiger partial charge >= 0.3 is 0 Å². The smallest absolute Gasteiger partial charge is 0.268 e. The highest BCUT2D eigenvalue weighted by Gasteiger charge is 2.43. The summed E-state index contributed by atoms with van der Waals surface area (Å²) in [7, 11) is -4.11. The molecule has 0 saturated carbocycles. The molecule has 0 atom stereocenters. The van der Waals surface area contributed by atoms with Crippen LogP contribution in [0.2, 0.25) is 0 Å². The van der Waals surface area contributed by atoms with Gasteiger partial charge in [0.1, 0.15) is 11.4 Å². The molecule has 6 nitrogen and oxygen atoms in total. The van der Waals surface area contributed by atoms with E-state index in [4.69, 9.17) is 0 Å². The SMILES string of the molecule is CCc1ccccc1NC(=O)CN1C(=O)C(C)=C(c2ccc(C(C)C)cc2)S1(=O)=O. The molecule has 0 spiro atoms. The van der Waals surface area contributed by atoms with Crippen LogP contribution in [0.15, 0.2) is 54.1 Å². The minimum Gasteiger partial charge on any atom is -0.324 e. The van der Waals surface area contributed by atoms with E-state index in [1.165, 1.54) is 6.92 Å². The number of hydrogen-bond acceptors (Lipinski definition) is 4. The number of carbonyl (C=O) groups excluding carboxylic acids is 2. The van der Waals surface area contributed by atoms with Gasteiger partial charge < -0.3 is 5.32 Å². The van der Waals surface area contributed by atoms with Crippen LogP contribution < -0.4 is 5.32 Å². The number of amides is 2. The molecule has 0 aromatic heterocycles. The summed E-state index contributed by atoms with van der Waals surface area (Å²) in [6.07, 6.45) is 0.717. The third-order valence-electron chi connectivity index (χ3n) is 5.24. The highest BCUT2D eigenvalue weighted by atomic mass is 32.2. The molecule has 0 aliphatic carbocycles. The third kappa shape index (κ3) is 4.03. The maximum absolute atomic E-state index is 13.1. The molecule has 30 heavy (non-hydrogen) atoms. The molecule has 0 fully saturated rings. The number of aryl methyl sites for hydroxylation is 1. The topological polar surface area (TPSA) is 83.6 Å². The second-order valence-electron chi connectivity index (χ2n) is 7.61. The van der Waals surface area contributed by atoms with E-state index >= 15 is 0 Å². The van der Waals surface area contributed by atoms with Crippen molar-refractivity contribution >= 4 is 32.4 Å². The fraction of sp³-hybridized carbons (Fsp3) is 0.304. The van der Waals surface area contributed by atoms with E-state index in [0.29, 0.717) is 27.9 Å². The first-order chi connectivity index (χ1) is 14.2. The first kappa shape index (κ1) is 21.8. The van der Waals surface area contributed by atoms with Crippen LogP contribution >= 0.6 is 0 Å². The van der Waals surface area contributed by atoms with Crippen molar-refractivity contribution in [3.63, 3.8) is 0 Å². The molecule has 0 radical (unpaired) electrons. The zero-order valence-electron chi connectivity index (χ0n) is 17.6. The summed E-state index contributed by atoms with van der Waals surface area (Å²) >= 11 is 0. The molecule has 7 heteroatoms. The molecule has 1 heterocycles. The van der Waals surface area contributed by atoms with E-state index in [1.807, 2.05) is 45.0 Å². The van der Waals surface area contributed by atoms with Gasteiger partial charge in [0.15, 0.2) is 0 Å². The Morgan fingerprint density at radius 3 is 2.30 bits per heavy atom. The van der Waals surface area contributed by atoms with Crippen molar-refractivity contribution in [2.75, 3.05) is 11.9 Å². The number of carbonyl (C=O) groups is 2. The fourth-order valence-electron chi connectivity index (χ4n) is 3.51. The minimum absolute atomic E-state index is 0.0374. The quantitative estimate of drug-likeness (QED) is 0.759. The average molecular weight is 427 g/mol. The Hall–Kier alpha value is -2.93. The molecule has 1 N–H and O–H groups in total. The lowest BCUT2D eigenvalue weighted by Gasteiger charge is -2.17. The lowest BCUT2D eigenvalue weighted by Crippen LogP contribution is -2.38. The molecule has 2 amide bonds. The maximum atomic E-state index is 13.1. The molecule has 158 valence electrons. The Kier molecular flexibility index (Phi) is 6.12. The largest absolute Gasteiger partial charge is 0.324 e. The van der Waals surface area contributed by atoms with Crippen molar-refractivity contribution in [1.82, 2.24) is 4.31 Å². The van der Waals surface area contributed by atoms with E-state index in [2.05, 4.69) is 5.32 Å². The van der Waals surface area contributed by atoms with Crippen molar-refractivity contribution in [3.05, 3.63) is 70.8 Å². The van der Waals surface area contributed by atoms with Gasteiger partial charge in [-0.2, -0.15) is 0 Å². The van der Waals surface area contributed by atoms with Gasteiger partial charge in [0.25, 0.3) is 15.9 Å². The van der Waals surface area contributed by atoms with Crippen LogP contribution in [0, 0.1) is 0 Å². The maximum Gasteiger partial charge on any atom is 0.268 e. The molecule has 2 aromatic rings. The number of nitrogens with zero attached hydrogens (tertiary/aromatic N) is 1. The van der Waals surface area contributed by atoms with Crippen LogP contribution in [0.1, 0.15) is 50.3 Å². The van der Waals surface area contributed by atoms with E-state index in [-0.39, 0.29) is 10.5 Å². The van der Waals surface area contributed by atoms with Gasteiger partial charge in [-0.05, 0) is 42.0 Å². The number of benzene rings is 2. The monoisotopic (exact) mass is 426 g/mol. The zero-order chi connectivity index (χ0) is 22.1. The number of para-hydroxylation sites is 1. The van der Waals surface area contributed by atoms with Gasteiger partial charge in [0.05, 0.1) is 0 Å². The second-order valence-corrected chi connectivity index (χ2v) is 9.41. The Labute approximate surface area is 177 Å². The third-order valence-corrected chi connectivity index (χ3v) is 7.17. The lowest BCUT2D eigenvalue weighted by atomic mass is 10.0. The Balaban J connectivity index is 1.84. The minimum atomic E-state index is -4.11. The highest BCUT2D eigenvalue weighted by molar-refractivity contribution is 7.99. The number of hydrogen-bond donors (Lipinski definition) is 1. The Bertz CT molecular complexity index is 1120. The molecule has 0 bridgehead atoms. The Morgan fingerprint density at radius 2 is 1.70 bits per heavy atom. The first-order valence-corrected chi connectivity index (χ1v) is 11.4. The summed E-state index contributed by atoms with van der Waals surface area (Å²) in [6, 6.07) is 14.4. The summed E-state index contributed by atoms with van der Waals surface area (Å²) in [6.45, 7) is 6.97. The van der Waals surface area contributed by atoms with Crippen LogP contribution in [0.3, 0.4) is 0 Å². The summed E-state index contributed by atoms with van der Waals surface area (Å²) in [4.78, 5) is 25.2. The average Bonchev–Trinajstić information content (AvgIpc) is 2.87. The molecule has 0 saturated heterocycles. The highest BCUT2D eigenvalue weighted by Crippen LogP contribution is 2.35. The fourth-order valence-corrected chi connectivity index (χ4v) is 5.28. The lowest BCUT2D eigenvalue weighted by molar-refractivity contribution is -0.126. The van der Waals surface area contributed by atoms with Gasteiger partial charge in [0, 0.05) is 11.3 Å². The van der Waals surface area contributed by atoms with Gasteiger partial charge in [0.2, 0.25) is 5.91 Å².